The summed E-state index contributed by atoms with van der Waals surface area (Å²) in [7, 11) is 0. The lowest BCUT2D eigenvalue weighted by molar-refractivity contribution is -0.138. The first-order valence-corrected chi connectivity index (χ1v) is 13.5. The molecule has 0 aliphatic heterocycles. The number of nitrogens with zero attached hydrogens (tertiary/aromatic N) is 3. The van der Waals surface area contributed by atoms with Crippen LogP contribution in [-0.4, -0.2) is 25.8 Å². The number of alkyl halides is 5. The second kappa shape index (κ2) is 10.3. The maximum absolute atomic E-state index is 15.2. The highest BCUT2D eigenvalue weighted by Crippen LogP contribution is 2.42. The van der Waals surface area contributed by atoms with Crippen molar-refractivity contribution in [1.82, 2.24) is 19.7 Å². The van der Waals surface area contributed by atoms with Crippen molar-refractivity contribution in [3.63, 3.8) is 0 Å². The number of rotatable bonds is 5. The smallest absolute Gasteiger partial charge is 0.380 e. The Balaban J connectivity index is 1.22. The van der Waals surface area contributed by atoms with Gasteiger partial charge in [0.25, 0.3) is 17.0 Å². The van der Waals surface area contributed by atoms with E-state index in [1.54, 1.807) is 12.3 Å². The first-order valence-electron chi connectivity index (χ1n) is 13.5. The van der Waals surface area contributed by atoms with E-state index >= 15 is 4.39 Å². The number of pyridine rings is 2. The van der Waals surface area contributed by atoms with Crippen LogP contribution >= 0.6 is 0 Å². The Kier molecular flexibility index (Phi) is 6.85. The molecule has 0 saturated heterocycles. The number of benzene rings is 1. The zero-order valence-corrected chi connectivity index (χ0v) is 22.1. The van der Waals surface area contributed by atoms with Gasteiger partial charge in [0.15, 0.2) is 0 Å². The Morgan fingerprint density at radius 2 is 1.93 bits per heavy atom. The minimum absolute atomic E-state index is 0.0615. The Morgan fingerprint density at radius 1 is 1.12 bits per heavy atom. The molecule has 3 aromatic heterocycles. The molecule has 2 N–H and O–H groups in total. The third-order valence-corrected chi connectivity index (χ3v) is 8.17. The molecule has 42 heavy (non-hydrogen) atoms. The number of fused-ring (bicyclic) bond motifs is 2. The van der Waals surface area contributed by atoms with Crippen molar-refractivity contribution in [3.05, 3.63) is 86.1 Å². The highest BCUT2D eigenvalue weighted by Gasteiger charge is 2.40. The monoisotopic (exact) mass is 589 g/mol. The largest absolute Gasteiger partial charge is 0.423 e. The molecule has 0 bridgehead atoms. The standard InChI is InChI=1S/C29H25F6N5O2/c30-22-11-19-16(9-20(22)23-10-17-4-6-28(31,32)21(17)12-36-23)5-7-40(27(19)42)14-15-2-1-3-18(8-15)38-24-13-37-39-26(41)25(24)29(33,34)35/h5,7,9-13,15,18H,1-4,6,8,14H2,(H2,38,39,41)/t15-,18+/m1/s1. The predicted octanol–water partition coefficient (Wildman–Crippen LogP) is 6.01. The maximum atomic E-state index is 15.2. The summed E-state index contributed by atoms with van der Waals surface area (Å²) in [6, 6.07) is 5.36. The van der Waals surface area contributed by atoms with Crippen LogP contribution in [0.2, 0.25) is 0 Å². The number of hydrogen-bond donors (Lipinski definition) is 2. The van der Waals surface area contributed by atoms with Crippen LogP contribution in [0, 0.1) is 11.7 Å². The van der Waals surface area contributed by atoms with Gasteiger partial charge in [-0.2, -0.15) is 18.3 Å². The van der Waals surface area contributed by atoms with Crippen molar-refractivity contribution in [1.29, 1.82) is 0 Å². The van der Waals surface area contributed by atoms with Crippen LogP contribution in [0.15, 0.2) is 52.4 Å². The van der Waals surface area contributed by atoms with Crippen molar-refractivity contribution in [2.24, 2.45) is 5.92 Å². The van der Waals surface area contributed by atoms with Gasteiger partial charge in [-0.25, -0.2) is 18.3 Å². The molecule has 1 saturated carbocycles. The van der Waals surface area contributed by atoms with E-state index in [2.05, 4.69) is 15.4 Å². The number of anilines is 1. The molecule has 220 valence electrons. The van der Waals surface area contributed by atoms with Gasteiger partial charge in [0.1, 0.15) is 11.4 Å². The molecule has 0 spiro atoms. The third-order valence-electron chi connectivity index (χ3n) is 8.17. The maximum Gasteiger partial charge on any atom is 0.423 e. The fraction of sp³-hybridized carbons (Fsp3) is 0.379. The van der Waals surface area contributed by atoms with Crippen molar-refractivity contribution in [3.8, 4) is 11.3 Å². The summed E-state index contributed by atoms with van der Waals surface area (Å²) in [5, 5.41) is 8.73. The Bertz CT molecular complexity index is 1800. The molecule has 3 heterocycles. The lowest BCUT2D eigenvalue weighted by Gasteiger charge is -2.31. The van der Waals surface area contributed by atoms with Gasteiger partial charge >= 0.3 is 6.18 Å². The molecule has 2 aliphatic carbocycles. The average Bonchev–Trinajstić information content (AvgIpc) is 3.23. The number of aryl methyl sites for hydroxylation is 1. The van der Waals surface area contributed by atoms with Crippen molar-refractivity contribution < 1.29 is 26.3 Å². The van der Waals surface area contributed by atoms with E-state index in [0.717, 1.165) is 24.9 Å². The van der Waals surface area contributed by atoms with E-state index in [4.69, 9.17) is 0 Å². The number of aromatic amines is 1. The minimum Gasteiger partial charge on any atom is -0.380 e. The highest BCUT2D eigenvalue weighted by molar-refractivity contribution is 5.86. The molecule has 0 unspecified atom stereocenters. The SMILES string of the molecule is O=c1[nH]ncc(N[C@H]2CCC[C@@H](Cn3ccc4cc(-c5cc6c(cn5)C(F)(F)CC6)c(F)cc4c3=O)C2)c1C(F)(F)F. The van der Waals surface area contributed by atoms with Crippen LogP contribution in [0.5, 0.6) is 0 Å². The molecule has 1 fully saturated rings. The van der Waals surface area contributed by atoms with Crippen molar-refractivity contribution >= 4 is 16.5 Å². The van der Waals surface area contributed by atoms with Crippen LogP contribution < -0.4 is 16.4 Å². The number of nitrogens with one attached hydrogen (secondary N) is 2. The summed E-state index contributed by atoms with van der Waals surface area (Å²) in [6.45, 7) is 0.274. The number of halogens is 6. The van der Waals surface area contributed by atoms with Gasteiger partial charge in [0, 0.05) is 42.5 Å². The van der Waals surface area contributed by atoms with Crippen molar-refractivity contribution in [2.75, 3.05) is 5.32 Å². The molecule has 2 atom stereocenters. The first kappa shape index (κ1) is 28.0. The minimum atomic E-state index is -4.86. The molecule has 2 aliphatic rings. The Labute approximate surface area is 234 Å². The van der Waals surface area contributed by atoms with Gasteiger partial charge in [-0.05, 0) is 66.8 Å². The number of H-pyrrole nitrogens is 1. The van der Waals surface area contributed by atoms with E-state index in [0.29, 0.717) is 30.2 Å². The Hall–Kier alpha value is -4.16. The second-order valence-corrected chi connectivity index (χ2v) is 11.0. The molecule has 6 rings (SSSR count). The van der Waals surface area contributed by atoms with E-state index in [1.807, 2.05) is 5.10 Å². The van der Waals surface area contributed by atoms with Gasteiger partial charge in [-0.1, -0.05) is 6.42 Å². The molecular weight excluding hydrogens is 564 g/mol. The zero-order valence-electron chi connectivity index (χ0n) is 22.1. The molecular formula is C29H25F6N5O2. The van der Waals surface area contributed by atoms with Gasteiger partial charge < -0.3 is 9.88 Å². The van der Waals surface area contributed by atoms with Crippen LogP contribution in [0.4, 0.5) is 32.0 Å². The van der Waals surface area contributed by atoms with Crippen LogP contribution in [0.25, 0.3) is 22.0 Å². The predicted molar refractivity (Wildman–Crippen MR) is 143 cm³/mol. The molecule has 13 heteroatoms. The second-order valence-electron chi connectivity index (χ2n) is 11.0. The van der Waals surface area contributed by atoms with Gasteiger partial charge in [0.05, 0.1) is 23.0 Å². The number of hydrogen-bond acceptors (Lipinski definition) is 5. The van der Waals surface area contributed by atoms with E-state index in [1.165, 1.54) is 16.7 Å². The van der Waals surface area contributed by atoms with Crippen LogP contribution in [0.1, 0.15) is 48.8 Å². The summed E-state index contributed by atoms with van der Waals surface area (Å²) in [6.07, 6.45) is 1.07. The van der Waals surface area contributed by atoms with E-state index in [-0.39, 0.29) is 53.6 Å². The summed E-state index contributed by atoms with van der Waals surface area (Å²) < 4.78 is 85.0. The molecule has 0 amide bonds. The fourth-order valence-corrected chi connectivity index (χ4v) is 6.13. The van der Waals surface area contributed by atoms with Crippen LogP contribution in [-0.2, 0) is 25.1 Å². The van der Waals surface area contributed by atoms with Gasteiger partial charge in [0.2, 0.25) is 0 Å². The first-order chi connectivity index (χ1) is 19.9. The topological polar surface area (TPSA) is 92.7 Å². The van der Waals surface area contributed by atoms with Gasteiger partial charge in [-0.3, -0.25) is 14.6 Å². The van der Waals surface area contributed by atoms with E-state index in [9.17, 15) is 31.5 Å². The fourth-order valence-electron chi connectivity index (χ4n) is 6.13. The quantitative estimate of drug-likeness (QED) is 0.278. The molecule has 0 radical (unpaired) electrons. The normalized spacial score (nSPS) is 20.0. The van der Waals surface area contributed by atoms with Gasteiger partial charge in [-0.15, -0.1) is 0 Å². The Morgan fingerprint density at radius 3 is 2.71 bits per heavy atom. The third kappa shape index (κ3) is 5.16. The summed E-state index contributed by atoms with van der Waals surface area (Å²) >= 11 is 0. The van der Waals surface area contributed by atoms with Crippen molar-refractivity contribution in [2.45, 2.75) is 63.2 Å². The lowest BCUT2D eigenvalue weighted by atomic mass is 9.85. The average molecular weight is 590 g/mol. The molecule has 1 aromatic carbocycles. The lowest BCUT2D eigenvalue weighted by Crippen LogP contribution is -2.33. The summed E-state index contributed by atoms with van der Waals surface area (Å²) in [4.78, 5) is 29.2. The zero-order chi connectivity index (χ0) is 29.8. The number of aromatic nitrogens is 4. The molecule has 4 aromatic rings. The van der Waals surface area contributed by atoms with E-state index < -0.39 is 40.3 Å². The highest BCUT2D eigenvalue weighted by atomic mass is 19.4. The van der Waals surface area contributed by atoms with Crippen LogP contribution in [0.3, 0.4) is 0 Å². The molecule has 7 nitrogen and oxygen atoms in total. The summed E-state index contributed by atoms with van der Waals surface area (Å²) in [5.41, 5.74) is -2.89. The summed E-state index contributed by atoms with van der Waals surface area (Å²) in [5.74, 6) is -3.72.